The lowest BCUT2D eigenvalue weighted by Gasteiger charge is -2.31. The second-order valence-electron chi connectivity index (χ2n) is 6.53. The van der Waals surface area contributed by atoms with Crippen molar-refractivity contribution in [3.05, 3.63) is 23.8 Å². The Bertz CT molecular complexity index is 795. The summed E-state index contributed by atoms with van der Waals surface area (Å²) < 4.78 is 63.9. The van der Waals surface area contributed by atoms with Crippen molar-refractivity contribution < 1.29 is 31.1 Å². The highest BCUT2D eigenvalue weighted by atomic mass is 32.2. The van der Waals surface area contributed by atoms with Gasteiger partial charge in [0.25, 0.3) is 0 Å². The summed E-state index contributed by atoms with van der Waals surface area (Å²) in [5, 5.41) is 2.72. The number of nitrogens with zero attached hydrogens (tertiary/aromatic N) is 1. The van der Waals surface area contributed by atoms with Crippen LogP contribution in [0.4, 0.5) is 18.9 Å². The lowest BCUT2D eigenvalue weighted by Crippen LogP contribution is -2.44. The average Bonchev–Trinajstić information content (AvgIpc) is 2.84. The number of alkyl halides is 3. The lowest BCUT2D eigenvalue weighted by atomic mass is 10.0. The highest BCUT2D eigenvalue weighted by molar-refractivity contribution is 7.91. The molecule has 1 saturated heterocycles. The summed E-state index contributed by atoms with van der Waals surface area (Å²) in [7, 11) is -3.08. The van der Waals surface area contributed by atoms with Crippen LogP contribution in [-0.4, -0.2) is 51.3 Å². The van der Waals surface area contributed by atoms with E-state index in [1.54, 1.807) is 4.90 Å². The summed E-state index contributed by atoms with van der Waals surface area (Å²) in [6, 6.07) is 3.71. The molecule has 0 spiro atoms. The molecule has 10 heteroatoms. The van der Waals surface area contributed by atoms with E-state index < -0.39 is 16.2 Å². The van der Waals surface area contributed by atoms with E-state index in [1.165, 1.54) is 18.2 Å². The Morgan fingerprint density at radius 2 is 2.12 bits per heavy atom. The number of anilines is 1. The first-order chi connectivity index (χ1) is 12.1. The van der Waals surface area contributed by atoms with Gasteiger partial charge in [0, 0.05) is 18.3 Å². The number of sulfone groups is 1. The minimum Gasteiger partial charge on any atom is -0.406 e. The molecule has 0 aliphatic carbocycles. The molecule has 2 aliphatic heterocycles. The van der Waals surface area contributed by atoms with Crippen molar-refractivity contribution in [2.45, 2.75) is 31.7 Å². The summed E-state index contributed by atoms with van der Waals surface area (Å²) in [6.07, 6.45) is -3.04. The molecule has 0 aromatic heterocycles. The molecule has 1 atom stereocenters. The summed E-state index contributed by atoms with van der Waals surface area (Å²) in [5.74, 6) is -0.547. The zero-order chi connectivity index (χ0) is 18.9. The van der Waals surface area contributed by atoms with Crippen molar-refractivity contribution in [2.24, 2.45) is 0 Å². The number of hydrogen-bond donors (Lipinski definition) is 1. The van der Waals surface area contributed by atoms with E-state index in [-0.39, 0.29) is 35.7 Å². The molecule has 1 aromatic rings. The Morgan fingerprint density at radius 3 is 2.77 bits per heavy atom. The highest BCUT2D eigenvalue weighted by Gasteiger charge is 2.32. The van der Waals surface area contributed by atoms with Gasteiger partial charge in [0.15, 0.2) is 9.84 Å². The molecule has 6 nitrogen and oxygen atoms in total. The van der Waals surface area contributed by atoms with Crippen molar-refractivity contribution in [3.63, 3.8) is 0 Å². The number of nitrogens with one attached hydrogen (secondary N) is 1. The van der Waals surface area contributed by atoms with E-state index in [1.807, 2.05) is 0 Å². The highest BCUT2D eigenvalue weighted by Crippen LogP contribution is 2.32. The first kappa shape index (κ1) is 18.8. The van der Waals surface area contributed by atoms with Crippen LogP contribution in [0.25, 0.3) is 0 Å². The van der Waals surface area contributed by atoms with Crippen molar-refractivity contribution in [1.29, 1.82) is 0 Å². The standard InChI is InChI=1S/C16H19F3N2O4S/c17-16(18,19)25-13-3-4-14-11(8-13)2-1-6-21(14)9-15(22)20-12-5-7-26(23,24)10-12/h3-4,8,12H,1-2,5-7,9-10H2,(H,20,22)/t12-/m1/s1. The van der Waals surface area contributed by atoms with Gasteiger partial charge in [-0.25, -0.2) is 8.42 Å². The molecule has 1 fully saturated rings. The van der Waals surface area contributed by atoms with Gasteiger partial charge in [0.05, 0.1) is 18.1 Å². The van der Waals surface area contributed by atoms with Crippen LogP contribution in [0.1, 0.15) is 18.4 Å². The summed E-state index contributed by atoms with van der Waals surface area (Å²) in [4.78, 5) is 14.0. The average molecular weight is 392 g/mol. The Kier molecular flexibility index (Phi) is 5.05. The van der Waals surface area contributed by atoms with E-state index in [4.69, 9.17) is 0 Å². The SMILES string of the molecule is O=C(CN1CCCc2cc(OC(F)(F)F)ccc21)N[C@@H]1CCS(=O)(=O)C1. The Balaban J connectivity index is 1.65. The normalized spacial score (nSPS) is 22.0. The Hall–Kier alpha value is -1.97. The lowest BCUT2D eigenvalue weighted by molar-refractivity contribution is -0.274. The van der Waals surface area contributed by atoms with E-state index in [9.17, 15) is 26.4 Å². The van der Waals surface area contributed by atoms with Gasteiger partial charge in [0.1, 0.15) is 5.75 Å². The molecule has 2 heterocycles. The maximum atomic E-state index is 12.3. The largest absolute Gasteiger partial charge is 0.573 e. The second kappa shape index (κ2) is 6.98. The van der Waals surface area contributed by atoms with Gasteiger partial charge in [-0.15, -0.1) is 13.2 Å². The number of amides is 1. The zero-order valence-electron chi connectivity index (χ0n) is 13.9. The number of fused-ring (bicyclic) bond motifs is 1. The van der Waals surface area contributed by atoms with Crippen LogP contribution in [0.5, 0.6) is 5.75 Å². The number of carbonyl (C=O) groups excluding carboxylic acids is 1. The first-order valence-electron chi connectivity index (χ1n) is 8.25. The maximum absolute atomic E-state index is 12.3. The first-order valence-corrected chi connectivity index (χ1v) is 10.1. The predicted octanol–water partition coefficient (Wildman–Crippen LogP) is 1.64. The van der Waals surface area contributed by atoms with E-state index in [0.29, 0.717) is 37.1 Å². The Morgan fingerprint density at radius 1 is 1.35 bits per heavy atom. The molecule has 1 aromatic carbocycles. The van der Waals surface area contributed by atoms with Crippen LogP contribution in [0.3, 0.4) is 0 Å². The van der Waals surface area contributed by atoms with Crippen LogP contribution < -0.4 is 15.0 Å². The van der Waals surface area contributed by atoms with Crippen molar-refractivity contribution >= 4 is 21.4 Å². The third-order valence-corrected chi connectivity index (χ3v) is 6.20. The predicted molar refractivity (Wildman–Crippen MR) is 88.9 cm³/mol. The van der Waals surface area contributed by atoms with Crippen molar-refractivity contribution in [3.8, 4) is 5.75 Å². The van der Waals surface area contributed by atoms with Gasteiger partial charge in [-0.1, -0.05) is 0 Å². The molecule has 3 rings (SSSR count). The van der Waals surface area contributed by atoms with Gasteiger partial charge >= 0.3 is 6.36 Å². The van der Waals surface area contributed by atoms with Crippen molar-refractivity contribution in [2.75, 3.05) is 29.5 Å². The minimum atomic E-state index is -4.75. The Labute approximate surface area is 149 Å². The number of hydrogen-bond acceptors (Lipinski definition) is 5. The summed E-state index contributed by atoms with van der Waals surface area (Å²) in [5.41, 5.74) is 1.38. The maximum Gasteiger partial charge on any atom is 0.573 e. The molecule has 2 aliphatic rings. The third-order valence-electron chi connectivity index (χ3n) is 4.43. The van der Waals surface area contributed by atoms with Crippen LogP contribution >= 0.6 is 0 Å². The molecular formula is C16H19F3N2O4S. The fourth-order valence-electron chi connectivity index (χ4n) is 3.37. The van der Waals surface area contributed by atoms with Gasteiger partial charge < -0.3 is 15.0 Å². The number of halogens is 3. The van der Waals surface area contributed by atoms with Crippen LogP contribution in [-0.2, 0) is 21.1 Å². The van der Waals surface area contributed by atoms with Gasteiger partial charge in [-0.05, 0) is 43.0 Å². The molecule has 0 saturated carbocycles. The third kappa shape index (κ3) is 4.80. The fourth-order valence-corrected chi connectivity index (χ4v) is 5.04. The molecule has 0 bridgehead atoms. The minimum absolute atomic E-state index is 0.0308. The quantitative estimate of drug-likeness (QED) is 0.843. The van der Waals surface area contributed by atoms with Gasteiger partial charge in [0.2, 0.25) is 5.91 Å². The van der Waals surface area contributed by atoms with E-state index >= 15 is 0 Å². The number of rotatable bonds is 4. The fraction of sp³-hybridized carbons (Fsp3) is 0.562. The van der Waals surface area contributed by atoms with E-state index in [2.05, 4.69) is 10.1 Å². The topological polar surface area (TPSA) is 75.7 Å². The van der Waals surface area contributed by atoms with Crippen LogP contribution in [0.2, 0.25) is 0 Å². The van der Waals surface area contributed by atoms with Crippen LogP contribution in [0, 0.1) is 0 Å². The molecule has 1 amide bonds. The van der Waals surface area contributed by atoms with E-state index in [0.717, 1.165) is 0 Å². The van der Waals surface area contributed by atoms with Crippen molar-refractivity contribution in [1.82, 2.24) is 5.32 Å². The van der Waals surface area contributed by atoms with Gasteiger partial charge in [-0.3, -0.25) is 4.79 Å². The number of ether oxygens (including phenoxy) is 1. The summed E-state index contributed by atoms with van der Waals surface area (Å²) in [6.45, 7) is 0.631. The molecule has 26 heavy (non-hydrogen) atoms. The number of aryl methyl sites for hydroxylation is 1. The zero-order valence-corrected chi connectivity index (χ0v) is 14.7. The number of benzene rings is 1. The molecule has 0 unspecified atom stereocenters. The molecule has 0 radical (unpaired) electrons. The molecule has 1 N–H and O–H groups in total. The number of carbonyl (C=O) groups is 1. The monoisotopic (exact) mass is 392 g/mol. The van der Waals surface area contributed by atoms with Crippen LogP contribution in [0.15, 0.2) is 18.2 Å². The van der Waals surface area contributed by atoms with Gasteiger partial charge in [-0.2, -0.15) is 0 Å². The summed E-state index contributed by atoms with van der Waals surface area (Å²) >= 11 is 0. The molecule has 144 valence electrons. The smallest absolute Gasteiger partial charge is 0.406 e. The second-order valence-corrected chi connectivity index (χ2v) is 8.76. The molecular weight excluding hydrogens is 373 g/mol.